The maximum Gasteiger partial charge on any atom is 0.253 e. The molecule has 188 valence electrons. The summed E-state index contributed by atoms with van der Waals surface area (Å²) in [5.74, 6) is 2.07. The molecular formula is C28H26N4O4S. The molecule has 0 saturated carbocycles. The van der Waals surface area contributed by atoms with E-state index in [4.69, 9.17) is 19.3 Å². The van der Waals surface area contributed by atoms with Crippen LogP contribution in [0.25, 0.3) is 10.9 Å². The largest absolute Gasteiger partial charge is 0.497 e. The number of para-hydroxylation sites is 1. The highest BCUT2D eigenvalue weighted by Gasteiger charge is 2.33. The number of carbonyl (C=O) groups excluding carboxylic acids is 1. The fourth-order valence-electron chi connectivity index (χ4n) is 4.31. The highest BCUT2D eigenvalue weighted by molar-refractivity contribution is 8.00. The van der Waals surface area contributed by atoms with Crippen molar-refractivity contribution in [1.82, 2.24) is 15.0 Å². The van der Waals surface area contributed by atoms with E-state index in [2.05, 4.69) is 9.97 Å². The molecule has 1 amide bonds. The number of rotatable bonds is 8. The van der Waals surface area contributed by atoms with Gasteiger partial charge in [-0.1, -0.05) is 36.0 Å². The molecule has 8 nitrogen and oxygen atoms in total. The van der Waals surface area contributed by atoms with Crippen molar-refractivity contribution in [3.05, 3.63) is 84.2 Å². The molecule has 1 aromatic heterocycles. The molecular weight excluding hydrogens is 488 g/mol. The predicted molar refractivity (Wildman–Crippen MR) is 144 cm³/mol. The zero-order chi connectivity index (χ0) is 25.8. The number of hydrogen-bond acceptors (Lipinski definition) is 8. The standard InChI is InChI=1S/C28H26N4O4S/c1-34-20-11-8-18(9-12-20)23-15-24(19-10-13-25(35-2)26(14-19)36-3)32(31-23)27(33)16-37-28-21-6-4-5-7-22(21)29-17-30-28/h4-14,17,24H,15-16H2,1-3H3/t24-/m0/s1. The van der Waals surface area contributed by atoms with Gasteiger partial charge in [-0.25, -0.2) is 15.0 Å². The molecule has 37 heavy (non-hydrogen) atoms. The minimum Gasteiger partial charge on any atom is -0.497 e. The number of methoxy groups -OCH3 is 3. The van der Waals surface area contributed by atoms with Crippen LogP contribution in [0.4, 0.5) is 0 Å². The van der Waals surface area contributed by atoms with E-state index < -0.39 is 0 Å². The van der Waals surface area contributed by atoms with E-state index in [0.717, 1.165) is 38.5 Å². The Balaban J connectivity index is 1.44. The molecule has 0 fully saturated rings. The second-order valence-corrected chi connectivity index (χ2v) is 9.30. The Labute approximate surface area is 219 Å². The van der Waals surface area contributed by atoms with Crippen LogP contribution in [-0.4, -0.2) is 53.7 Å². The second kappa shape index (κ2) is 10.9. The molecule has 0 N–H and O–H groups in total. The Kier molecular flexibility index (Phi) is 7.23. The van der Waals surface area contributed by atoms with Crippen molar-refractivity contribution in [1.29, 1.82) is 0 Å². The first-order valence-corrected chi connectivity index (χ1v) is 12.7. The summed E-state index contributed by atoms with van der Waals surface area (Å²) in [4.78, 5) is 22.3. The van der Waals surface area contributed by atoms with Crippen LogP contribution in [0.2, 0.25) is 0 Å². The van der Waals surface area contributed by atoms with Crippen LogP contribution < -0.4 is 14.2 Å². The zero-order valence-corrected chi connectivity index (χ0v) is 21.6. The highest BCUT2D eigenvalue weighted by Crippen LogP contribution is 2.38. The minimum atomic E-state index is -0.285. The molecule has 2 heterocycles. The minimum absolute atomic E-state index is 0.115. The lowest BCUT2D eigenvalue weighted by molar-refractivity contribution is -0.130. The van der Waals surface area contributed by atoms with Gasteiger partial charge >= 0.3 is 0 Å². The molecule has 0 radical (unpaired) electrons. The Morgan fingerprint density at radius 1 is 0.946 bits per heavy atom. The molecule has 1 atom stereocenters. The number of hydrazone groups is 1. The molecule has 9 heteroatoms. The van der Waals surface area contributed by atoms with Gasteiger partial charge in [0.25, 0.3) is 5.91 Å². The van der Waals surface area contributed by atoms with Gasteiger partial charge in [-0.05, 0) is 53.6 Å². The molecule has 0 saturated heterocycles. The third-order valence-corrected chi connectivity index (χ3v) is 7.21. The summed E-state index contributed by atoms with van der Waals surface area (Å²) < 4.78 is 16.2. The van der Waals surface area contributed by atoms with E-state index in [1.165, 1.54) is 18.1 Å². The second-order valence-electron chi connectivity index (χ2n) is 8.33. The monoisotopic (exact) mass is 514 g/mol. The first-order valence-electron chi connectivity index (χ1n) is 11.7. The van der Waals surface area contributed by atoms with Gasteiger partial charge in [-0.3, -0.25) is 4.79 Å². The average molecular weight is 515 g/mol. The number of carbonyl (C=O) groups is 1. The Morgan fingerprint density at radius 2 is 1.73 bits per heavy atom. The summed E-state index contributed by atoms with van der Waals surface area (Å²) in [6.07, 6.45) is 2.09. The summed E-state index contributed by atoms with van der Waals surface area (Å²) >= 11 is 1.38. The first kappa shape index (κ1) is 24.6. The molecule has 3 aromatic carbocycles. The molecule has 1 aliphatic rings. The van der Waals surface area contributed by atoms with Crippen molar-refractivity contribution in [3.63, 3.8) is 0 Å². The quantitative estimate of drug-likeness (QED) is 0.238. The van der Waals surface area contributed by atoms with Crippen molar-refractivity contribution in [2.45, 2.75) is 17.5 Å². The third kappa shape index (κ3) is 5.08. The van der Waals surface area contributed by atoms with Crippen LogP contribution in [0.5, 0.6) is 17.2 Å². The van der Waals surface area contributed by atoms with Gasteiger partial charge in [0.1, 0.15) is 17.1 Å². The van der Waals surface area contributed by atoms with Crippen LogP contribution in [0.3, 0.4) is 0 Å². The molecule has 1 aliphatic heterocycles. The Hall–Kier alpha value is -4.11. The SMILES string of the molecule is COc1ccc(C2=NN(C(=O)CSc3ncnc4ccccc34)[C@H](c3ccc(OC)c(OC)c3)C2)cc1. The zero-order valence-electron chi connectivity index (χ0n) is 20.7. The van der Waals surface area contributed by atoms with E-state index >= 15 is 0 Å². The highest BCUT2D eigenvalue weighted by atomic mass is 32.2. The van der Waals surface area contributed by atoms with E-state index in [-0.39, 0.29) is 17.7 Å². The maximum absolute atomic E-state index is 13.6. The normalized spacial score (nSPS) is 14.9. The van der Waals surface area contributed by atoms with Crippen LogP contribution in [0.15, 0.2) is 83.2 Å². The molecule has 5 rings (SSSR count). The van der Waals surface area contributed by atoms with Gasteiger partial charge in [0.05, 0.1) is 44.4 Å². The van der Waals surface area contributed by atoms with Crippen molar-refractivity contribution in [2.75, 3.05) is 27.1 Å². The molecule has 0 spiro atoms. The van der Waals surface area contributed by atoms with Crippen molar-refractivity contribution < 1.29 is 19.0 Å². The number of amides is 1. The number of fused-ring (bicyclic) bond motifs is 1. The Morgan fingerprint density at radius 3 is 2.49 bits per heavy atom. The van der Waals surface area contributed by atoms with Crippen LogP contribution in [-0.2, 0) is 4.79 Å². The Bertz CT molecular complexity index is 1450. The van der Waals surface area contributed by atoms with Crippen LogP contribution >= 0.6 is 11.8 Å². The van der Waals surface area contributed by atoms with Gasteiger partial charge < -0.3 is 14.2 Å². The number of hydrogen-bond donors (Lipinski definition) is 0. The number of aromatic nitrogens is 2. The van der Waals surface area contributed by atoms with E-state index in [1.807, 2.05) is 66.7 Å². The fourth-order valence-corrected chi connectivity index (χ4v) is 5.15. The van der Waals surface area contributed by atoms with E-state index in [9.17, 15) is 4.79 Å². The summed E-state index contributed by atoms with van der Waals surface area (Å²) in [7, 11) is 4.83. The molecule has 0 aliphatic carbocycles. The third-order valence-electron chi connectivity index (χ3n) is 6.22. The number of thioether (sulfide) groups is 1. The van der Waals surface area contributed by atoms with Gasteiger partial charge in [-0.2, -0.15) is 5.10 Å². The van der Waals surface area contributed by atoms with Gasteiger partial charge in [0.15, 0.2) is 11.5 Å². The summed E-state index contributed by atoms with van der Waals surface area (Å²) in [5, 5.41) is 8.05. The lowest BCUT2D eigenvalue weighted by Crippen LogP contribution is -2.28. The molecule has 0 bridgehead atoms. The van der Waals surface area contributed by atoms with E-state index in [0.29, 0.717) is 17.9 Å². The van der Waals surface area contributed by atoms with E-state index in [1.54, 1.807) is 26.3 Å². The lowest BCUT2D eigenvalue weighted by Gasteiger charge is -2.23. The number of nitrogens with zero attached hydrogens (tertiary/aromatic N) is 4. The van der Waals surface area contributed by atoms with Gasteiger partial charge in [-0.15, -0.1) is 0 Å². The topological polar surface area (TPSA) is 86.1 Å². The molecule has 4 aromatic rings. The van der Waals surface area contributed by atoms with Crippen molar-refractivity contribution in [2.24, 2.45) is 5.10 Å². The summed E-state index contributed by atoms with van der Waals surface area (Å²) in [5.41, 5.74) is 3.52. The van der Waals surface area contributed by atoms with Crippen molar-refractivity contribution >= 4 is 34.3 Å². The van der Waals surface area contributed by atoms with Gasteiger partial charge in [0.2, 0.25) is 0 Å². The average Bonchev–Trinajstić information content (AvgIpc) is 3.41. The maximum atomic E-state index is 13.6. The fraction of sp³-hybridized carbons (Fsp3) is 0.214. The number of benzene rings is 3. The van der Waals surface area contributed by atoms with Gasteiger partial charge in [0, 0.05) is 11.8 Å². The van der Waals surface area contributed by atoms with Crippen LogP contribution in [0, 0.1) is 0 Å². The summed E-state index contributed by atoms with van der Waals surface area (Å²) in [6, 6.07) is 20.9. The number of ether oxygens (including phenoxy) is 3. The first-order chi connectivity index (χ1) is 18.1. The molecule has 0 unspecified atom stereocenters. The summed E-state index contributed by atoms with van der Waals surface area (Å²) in [6.45, 7) is 0. The smallest absolute Gasteiger partial charge is 0.253 e. The van der Waals surface area contributed by atoms with Crippen molar-refractivity contribution in [3.8, 4) is 17.2 Å². The van der Waals surface area contributed by atoms with Crippen LogP contribution in [0.1, 0.15) is 23.6 Å². The lowest BCUT2D eigenvalue weighted by atomic mass is 9.98. The predicted octanol–water partition coefficient (Wildman–Crippen LogP) is 5.13.